The molecule has 0 aromatic heterocycles. The average molecular weight is 306 g/mol. The minimum atomic E-state index is -1.44. The van der Waals surface area contributed by atoms with E-state index in [4.69, 9.17) is 11.6 Å². The SMILES string of the molecule is Cc1cccc(C(=O)C(C#N)c2cccc(Cl)c2F)c1F. The molecule has 0 saturated carbocycles. The summed E-state index contributed by atoms with van der Waals surface area (Å²) in [6, 6.07) is 10.0. The highest BCUT2D eigenvalue weighted by atomic mass is 35.5. The highest BCUT2D eigenvalue weighted by molar-refractivity contribution is 6.30. The van der Waals surface area contributed by atoms with Crippen molar-refractivity contribution < 1.29 is 13.6 Å². The Morgan fingerprint density at radius 2 is 1.86 bits per heavy atom. The molecule has 0 spiro atoms. The van der Waals surface area contributed by atoms with Gasteiger partial charge in [0.15, 0.2) is 5.78 Å². The number of rotatable bonds is 3. The zero-order valence-electron chi connectivity index (χ0n) is 11.0. The number of carbonyl (C=O) groups excluding carboxylic acids is 1. The summed E-state index contributed by atoms with van der Waals surface area (Å²) in [6.45, 7) is 1.51. The van der Waals surface area contributed by atoms with Crippen molar-refractivity contribution in [1.29, 1.82) is 5.26 Å². The lowest BCUT2D eigenvalue weighted by Crippen LogP contribution is -2.15. The first-order chi connectivity index (χ1) is 9.97. The normalized spacial score (nSPS) is 11.8. The second kappa shape index (κ2) is 6.02. The number of halogens is 3. The molecule has 21 heavy (non-hydrogen) atoms. The molecule has 0 N–H and O–H groups in total. The van der Waals surface area contributed by atoms with Crippen molar-refractivity contribution in [3.05, 3.63) is 69.7 Å². The summed E-state index contributed by atoms with van der Waals surface area (Å²) >= 11 is 5.65. The van der Waals surface area contributed by atoms with Crippen LogP contribution in [-0.4, -0.2) is 5.78 Å². The van der Waals surface area contributed by atoms with Crippen LogP contribution in [0.1, 0.15) is 27.4 Å². The van der Waals surface area contributed by atoms with E-state index in [1.165, 1.54) is 43.3 Å². The maximum atomic E-state index is 14.0. The highest BCUT2D eigenvalue weighted by Crippen LogP contribution is 2.28. The molecule has 0 aliphatic carbocycles. The molecular formula is C16H10ClF2NO. The van der Waals surface area contributed by atoms with E-state index in [0.29, 0.717) is 0 Å². The van der Waals surface area contributed by atoms with E-state index in [9.17, 15) is 18.8 Å². The van der Waals surface area contributed by atoms with Gasteiger partial charge in [0.2, 0.25) is 0 Å². The number of benzene rings is 2. The van der Waals surface area contributed by atoms with Crippen LogP contribution in [0.2, 0.25) is 5.02 Å². The van der Waals surface area contributed by atoms with Gasteiger partial charge in [0.1, 0.15) is 17.6 Å². The van der Waals surface area contributed by atoms with Crippen molar-refractivity contribution in [2.45, 2.75) is 12.8 Å². The molecule has 0 amide bonds. The van der Waals surface area contributed by atoms with Crippen LogP contribution >= 0.6 is 11.6 Å². The van der Waals surface area contributed by atoms with Gasteiger partial charge in [-0.05, 0) is 24.6 Å². The number of aryl methyl sites for hydroxylation is 1. The Morgan fingerprint density at radius 1 is 1.19 bits per heavy atom. The molecule has 2 aromatic carbocycles. The largest absolute Gasteiger partial charge is 0.292 e. The van der Waals surface area contributed by atoms with Gasteiger partial charge >= 0.3 is 0 Å². The molecule has 106 valence electrons. The first-order valence-corrected chi connectivity index (χ1v) is 6.48. The second-order valence-corrected chi connectivity index (χ2v) is 4.91. The molecule has 2 rings (SSSR count). The van der Waals surface area contributed by atoms with Gasteiger partial charge in [-0.15, -0.1) is 0 Å². The number of hydrogen-bond acceptors (Lipinski definition) is 2. The summed E-state index contributed by atoms with van der Waals surface area (Å²) in [7, 11) is 0. The fraction of sp³-hybridized carbons (Fsp3) is 0.125. The molecule has 0 fully saturated rings. The van der Waals surface area contributed by atoms with Crippen molar-refractivity contribution in [2.75, 3.05) is 0 Å². The maximum Gasteiger partial charge on any atom is 0.187 e. The van der Waals surface area contributed by atoms with Gasteiger partial charge in [-0.3, -0.25) is 4.79 Å². The maximum absolute atomic E-state index is 14.0. The Kier molecular flexibility index (Phi) is 4.35. The van der Waals surface area contributed by atoms with Gasteiger partial charge in [-0.25, -0.2) is 8.78 Å². The number of nitrogens with zero attached hydrogens (tertiary/aromatic N) is 1. The Balaban J connectivity index is 2.52. The van der Waals surface area contributed by atoms with Gasteiger partial charge < -0.3 is 0 Å². The van der Waals surface area contributed by atoms with Crippen molar-refractivity contribution in [3.63, 3.8) is 0 Å². The number of carbonyl (C=O) groups is 1. The quantitative estimate of drug-likeness (QED) is 0.788. The van der Waals surface area contributed by atoms with Crippen LogP contribution in [0.5, 0.6) is 0 Å². The van der Waals surface area contributed by atoms with Crippen LogP contribution in [0.25, 0.3) is 0 Å². The number of hydrogen-bond donors (Lipinski definition) is 0. The van der Waals surface area contributed by atoms with Gasteiger partial charge in [0.05, 0.1) is 16.7 Å². The average Bonchev–Trinajstić information content (AvgIpc) is 2.47. The topological polar surface area (TPSA) is 40.9 Å². The van der Waals surface area contributed by atoms with E-state index in [1.54, 1.807) is 6.07 Å². The third-order valence-electron chi connectivity index (χ3n) is 3.14. The van der Waals surface area contributed by atoms with E-state index in [2.05, 4.69) is 0 Å². The second-order valence-electron chi connectivity index (χ2n) is 4.51. The molecule has 0 saturated heterocycles. The number of Topliss-reactive ketones (excluding diaryl/α,β-unsaturated/α-hetero) is 1. The molecule has 1 unspecified atom stereocenters. The summed E-state index contributed by atoms with van der Waals surface area (Å²) in [4.78, 5) is 12.3. The van der Waals surface area contributed by atoms with Crippen LogP contribution in [0.15, 0.2) is 36.4 Å². The molecule has 5 heteroatoms. The number of ketones is 1. The Hall–Kier alpha value is -2.25. The summed E-state index contributed by atoms with van der Waals surface area (Å²) in [5.74, 6) is -3.78. The minimum absolute atomic E-state index is 0.157. The molecule has 0 aliphatic rings. The summed E-state index contributed by atoms with van der Waals surface area (Å²) in [5.41, 5.74) is -0.110. The van der Waals surface area contributed by atoms with Crippen LogP contribution in [0.4, 0.5) is 8.78 Å². The Bertz CT molecular complexity index is 752. The molecule has 0 bridgehead atoms. The third-order valence-corrected chi connectivity index (χ3v) is 3.43. The number of nitriles is 1. The predicted octanol–water partition coefficient (Wildman–Crippen LogP) is 4.42. The highest BCUT2D eigenvalue weighted by Gasteiger charge is 2.27. The third kappa shape index (κ3) is 2.79. The summed E-state index contributed by atoms with van der Waals surface area (Å²) < 4.78 is 28.0. The zero-order valence-corrected chi connectivity index (χ0v) is 11.8. The van der Waals surface area contributed by atoms with Gasteiger partial charge in [-0.1, -0.05) is 35.9 Å². The van der Waals surface area contributed by atoms with E-state index in [-0.39, 0.29) is 21.7 Å². The van der Waals surface area contributed by atoms with Crippen molar-refractivity contribution >= 4 is 17.4 Å². The van der Waals surface area contributed by atoms with E-state index < -0.39 is 23.3 Å². The van der Waals surface area contributed by atoms with Gasteiger partial charge in [-0.2, -0.15) is 5.26 Å². The lowest BCUT2D eigenvalue weighted by molar-refractivity contribution is 0.0973. The van der Waals surface area contributed by atoms with Crippen LogP contribution in [0.3, 0.4) is 0 Å². The fourth-order valence-electron chi connectivity index (χ4n) is 2.01. The predicted molar refractivity (Wildman–Crippen MR) is 75.2 cm³/mol. The van der Waals surface area contributed by atoms with Crippen LogP contribution in [0, 0.1) is 29.9 Å². The van der Waals surface area contributed by atoms with Crippen LogP contribution < -0.4 is 0 Å². The van der Waals surface area contributed by atoms with E-state index in [1.807, 2.05) is 0 Å². The lowest BCUT2D eigenvalue weighted by Gasteiger charge is -2.11. The summed E-state index contributed by atoms with van der Waals surface area (Å²) in [5, 5.41) is 8.99. The van der Waals surface area contributed by atoms with Crippen molar-refractivity contribution in [1.82, 2.24) is 0 Å². The Labute approximate surface area is 125 Å². The molecule has 0 aliphatic heterocycles. The van der Waals surface area contributed by atoms with Gasteiger partial charge in [0.25, 0.3) is 0 Å². The first kappa shape index (κ1) is 15.1. The fourth-order valence-corrected chi connectivity index (χ4v) is 2.19. The van der Waals surface area contributed by atoms with E-state index >= 15 is 0 Å². The standard InChI is InChI=1S/C16H10ClF2NO/c1-9-4-2-6-11(14(9)18)16(21)12(8-20)10-5-3-7-13(17)15(10)19/h2-7,12H,1H3. The smallest absolute Gasteiger partial charge is 0.187 e. The van der Waals surface area contributed by atoms with Crippen LogP contribution in [-0.2, 0) is 0 Å². The molecule has 2 nitrogen and oxygen atoms in total. The van der Waals surface area contributed by atoms with E-state index in [0.717, 1.165) is 0 Å². The van der Waals surface area contributed by atoms with Crippen molar-refractivity contribution in [2.24, 2.45) is 0 Å². The minimum Gasteiger partial charge on any atom is -0.292 e. The van der Waals surface area contributed by atoms with Crippen molar-refractivity contribution in [3.8, 4) is 6.07 Å². The molecule has 2 aromatic rings. The Morgan fingerprint density at radius 3 is 2.52 bits per heavy atom. The zero-order chi connectivity index (χ0) is 15.6. The summed E-state index contributed by atoms with van der Waals surface area (Å²) in [6.07, 6.45) is 0. The monoisotopic (exact) mass is 305 g/mol. The lowest BCUT2D eigenvalue weighted by atomic mass is 9.90. The molecule has 0 heterocycles. The van der Waals surface area contributed by atoms with Gasteiger partial charge in [0, 0.05) is 5.56 Å². The molecule has 1 atom stereocenters. The molecule has 0 radical (unpaired) electrons. The first-order valence-electron chi connectivity index (χ1n) is 6.10. The molecular weight excluding hydrogens is 296 g/mol.